The summed E-state index contributed by atoms with van der Waals surface area (Å²) in [6, 6.07) is 0.102. The van der Waals surface area contributed by atoms with Gasteiger partial charge >= 0.3 is 0 Å². The molecule has 35 heavy (non-hydrogen) atoms. The highest BCUT2D eigenvalue weighted by molar-refractivity contribution is 7.99. The molecule has 190 valence electrons. The largest absolute Gasteiger partial charge is 0.494 e. The summed E-state index contributed by atoms with van der Waals surface area (Å²) in [5, 5.41) is 2.99. The Hall–Kier alpha value is -2.35. The number of carbonyl (C=O) groups is 2. The van der Waals surface area contributed by atoms with Crippen molar-refractivity contribution in [3.8, 4) is 0 Å². The Balaban J connectivity index is 1.86. The van der Waals surface area contributed by atoms with E-state index in [0.29, 0.717) is 30.8 Å². The molecular formula is C28H38N2O4S. The third kappa shape index (κ3) is 7.82. The van der Waals surface area contributed by atoms with E-state index in [1.54, 1.807) is 7.11 Å². The molecule has 0 aromatic rings. The van der Waals surface area contributed by atoms with Gasteiger partial charge in [0, 0.05) is 36.9 Å². The molecule has 0 spiro atoms. The first kappa shape index (κ1) is 27.2. The number of rotatable bonds is 13. The zero-order chi connectivity index (χ0) is 25.2. The van der Waals surface area contributed by atoms with Crippen molar-refractivity contribution in [1.29, 1.82) is 0 Å². The second-order valence-corrected chi connectivity index (χ2v) is 10.2. The minimum Gasteiger partial charge on any atom is -0.494 e. The van der Waals surface area contributed by atoms with Crippen LogP contribution < -0.4 is 5.32 Å². The van der Waals surface area contributed by atoms with Gasteiger partial charge in [0.05, 0.1) is 18.4 Å². The van der Waals surface area contributed by atoms with Gasteiger partial charge in [0.25, 0.3) is 0 Å². The Bertz CT molecular complexity index is 956. The summed E-state index contributed by atoms with van der Waals surface area (Å²) in [6.45, 7) is 5.30. The highest BCUT2D eigenvalue weighted by Gasteiger charge is 2.30. The summed E-state index contributed by atoms with van der Waals surface area (Å²) in [5.74, 6) is 2.80. The lowest BCUT2D eigenvalue weighted by molar-refractivity contribution is -0.121. The van der Waals surface area contributed by atoms with Crippen molar-refractivity contribution in [2.24, 2.45) is 5.92 Å². The smallest absolute Gasteiger partial charge is 0.227 e. The fraction of sp³-hybridized carbons (Fsp3) is 0.500. The Morgan fingerprint density at radius 3 is 2.77 bits per heavy atom. The topological polar surface area (TPSA) is 67.9 Å². The number of allylic oxidation sites excluding steroid dienone is 4. The quantitative estimate of drug-likeness (QED) is 0.381. The van der Waals surface area contributed by atoms with E-state index in [2.05, 4.69) is 42.4 Å². The first-order valence-electron chi connectivity index (χ1n) is 12.4. The molecule has 2 atom stereocenters. The minimum absolute atomic E-state index is 0.00696. The molecule has 0 bridgehead atoms. The van der Waals surface area contributed by atoms with Crippen LogP contribution in [0, 0.1) is 5.92 Å². The van der Waals surface area contributed by atoms with Crippen LogP contribution in [-0.2, 0) is 19.1 Å². The van der Waals surface area contributed by atoms with E-state index >= 15 is 0 Å². The fourth-order valence-corrected chi connectivity index (χ4v) is 5.03. The van der Waals surface area contributed by atoms with Crippen LogP contribution in [0.1, 0.15) is 33.1 Å². The predicted molar refractivity (Wildman–Crippen MR) is 143 cm³/mol. The van der Waals surface area contributed by atoms with Gasteiger partial charge in [-0.3, -0.25) is 14.5 Å². The van der Waals surface area contributed by atoms with Crippen LogP contribution in [0.15, 0.2) is 70.7 Å². The summed E-state index contributed by atoms with van der Waals surface area (Å²) >= 11 is 1.88. The predicted octanol–water partition coefficient (Wildman–Crippen LogP) is 4.34. The summed E-state index contributed by atoms with van der Waals surface area (Å²) in [7, 11) is 3.78. The van der Waals surface area contributed by atoms with E-state index in [0.717, 1.165) is 47.5 Å². The van der Waals surface area contributed by atoms with E-state index in [1.807, 2.05) is 43.0 Å². The normalized spacial score (nSPS) is 21.1. The third-order valence-electron chi connectivity index (χ3n) is 6.26. The van der Waals surface area contributed by atoms with Crippen molar-refractivity contribution in [1.82, 2.24) is 10.2 Å². The number of thioether (sulfide) groups is 1. The second-order valence-electron chi connectivity index (χ2n) is 8.87. The van der Waals surface area contributed by atoms with Crippen LogP contribution in [0.5, 0.6) is 0 Å². The molecule has 6 nitrogen and oxygen atoms in total. The van der Waals surface area contributed by atoms with Crippen molar-refractivity contribution in [2.45, 2.75) is 45.3 Å². The average molecular weight is 499 g/mol. The highest BCUT2D eigenvalue weighted by Crippen LogP contribution is 2.30. The summed E-state index contributed by atoms with van der Waals surface area (Å²) in [6.07, 6.45) is 17.5. The minimum atomic E-state index is -0.145. The monoisotopic (exact) mass is 498 g/mol. The van der Waals surface area contributed by atoms with Crippen molar-refractivity contribution in [3.05, 3.63) is 70.7 Å². The van der Waals surface area contributed by atoms with Crippen molar-refractivity contribution in [3.63, 3.8) is 0 Å². The number of likely N-dealkylation sites (N-methyl/N-ethyl adjacent to an activating group) is 1. The fourth-order valence-electron chi connectivity index (χ4n) is 4.13. The van der Waals surface area contributed by atoms with Crippen LogP contribution in [0.2, 0.25) is 0 Å². The van der Waals surface area contributed by atoms with Crippen molar-refractivity contribution >= 4 is 24.0 Å². The third-order valence-corrected chi connectivity index (χ3v) is 7.22. The lowest BCUT2D eigenvalue weighted by Crippen LogP contribution is -2.37. The zero-order valence-electron chi connectivity index (χ0n) is 21.3. The van der Waals surface area contributed by atoms with Gasteiger partial charge in [-0.1, -0.05) is 31.2 Å². The second kappa shape index (κ2) is 13.7. The number of amides is 1. The van der Waals surface area contributed by atoms with E-state index in [9.17, 15) is 9.59 Å². The number of hydrogen-bond donors (Lipinski definition) is 1. The maximum absolute atomic E-state index is 12.4. The number of nitrogens with one attached hydrogen (secondary N) is 1. The molecule has 0 heterocycles. The van der Waals surface area contributed by atoms with Crippen LogP contribution >= 0.6 is 11.8 Å². The standard InChI is InChI=1S/C28H38N2O4S/c1-5-34-24-15-21(13-14-23(16-24)33-4)27(19-35-6-2)30(3)17-22-9-7-8-10-26(25(22)18-31)29-28(32)20-11-12-20/h8-10,13-16,18,20,23,27H,5-7,11-12,17,19H2,1-4H3,(H,29,32)/t23?,27-/m1/s1. The average Bonchev–Trinajstić information content (AvgIpc) is 3.70. The number of ether oxygens (including phenoxy) is 2. The molecule has 7 heteroatoms. The molecular weight excluding hydrogens is 460 g/mol. The lowest BCUT2D eigenvalue weighted by Gasteiger charge is -2.30. The van der Waals surface area contributed by atoms with Gasteiger partial charge in [-0.15, -0.1) is 0 Å². The molecule has 1 N–H and O–H groups in total. The molecule has 3 aliphatic rings. The highest BCUT2D eigenvalue weighted by atomic mass is 32.2. The van der Waals surface area contributed by atoms with Gasteiger partial charge in [0.2, 0.25) is 5.91 Å². The van der Waals surface area contributed by atoms with Gasteiger partial charge in [0.15, 0.2) is 6.29 Å². The van der Waals surface area contributed by atoms with Crippen LogP contribution in [0.3, 0.4) is 0 Å². The first-order valence-corrected chi connectivity index (χ1v) is 13.6. The number of nitrogens with zero attached hydrogens (tertiary/aromatic N) is 1. The Morgan fingerprint density at radius 1 is 1.31 bits per heavy atom. The first-order chi connectivity index (χ1) is 17.0. The summed E-state index contributed by atoms with van der Waals surface area (Å²) < 4.78 is 11.4. The summed E-state index contributed by atoms with van der Waals surface area (Å²) in [4.78, 5) is 26.9. The van der Waals surface area contributed by atoms with E-state index in [1.165, 1.54) is 0 Å². The maximum Gasteiger partial charge on any atom is 0.227 e. The number of methoxy groups -OCH3 is 1. The zero-order valence-corrected chi connectivity index (χ0v) is 22.1. The van der Waals surface area contributed by atoms with Gasteiger partial charge in [-0.05, 0) is 68.4 Å². The molecule has 3 aliphatic carbocycles. The molecule has 1 amide bonds. The van der Waals surface area contributed by atoms with Crippen LogP contribution in [0.4, 0.5) is 0 Å². The number of aldehydes is 1. The Kier molecular flexibility index (Phi) is 10.6. The number of hydrogen-bond acceptors (Lipinski definition) is 6. The molecule has 0 saturated heterocycles. The molecule has 0 aromatic carbocycles. The molecule has 0 radical (unpaired) electrons. The molecule has 1 unspecified atom stereocenters. The molecule has 0 aromatic heterocycles. The van der Waals surface area contributed by atoms with Gasteiger partial charge in [0.1, 0.15) is 5.76 Å². The Labute approximate surface area is 213 Å². The molecule has 3 rings (SSSR count). The summed E-state index contributed by atoms with van der Waals surface area (Å²) in [5.41, 5.74) is 3.23. The van der Waals surface area contributed by atoms with Gasteiger partial charge < -0.3 is 14.8 Å². The van der Waals surface area contributed by atoms with Crippen molar-refractivity contribution < 1.29 is 19.1 Å². The van der Waals surface area contributed by atoms with Gasteiger partial charge in [-0.25, -0.2) is 0 Å². The maximum atomic E-state index is 12.4. The van der Waals surface area contributed by atoms with Crippen LogP contribution in [-0.4, -0.2) is 68.1 Å². The Morgan fingerprint density at radius 2 is 2.11 bits per heavy atom. The van der Waals surface area contributed by atoms with E-state index in [-0.39, 0.29) is 24.0 Å². The lowest BCUT2D eigenvalue weighted by atomic mass is 10.0. The number of carbonyl (C=O) groups excluding carboxylic acids is 2. The SMILES string of the molecule is CCOC1=CC(OC)C=CC([C@@H](CSCC)N(C)CC2=CCC=CC(NC(=O)C3CC3)=C2C=O)=C1. The molecule has 0 aliphatic heterocycles. The van der Waals surface area contributed by atoms with E-state index < -0.39 is 0 Å². The molecule has 1 saturated carbocycles. The van der Waals surface area contributed by atoms with Crippen molar-refractivity contribution in [2.75, 3.05) is 38.8 Å². The van der Waals surface area contributed by atoms with Crippen LogP contribution in [0.25, 0.3) is 0 Å². The van der Waals surface area contributed by atoms with Gasteiger partial charge in [-0.2, -0.15) is 11.8 Å². The molecule has 1 fully saturated rings. The van der Waals surface area contributed by atoms with E-state index in [4.69, 9.17) is 9.47 Å².